The maximum atomic E-state index is 5.31. The summed E-state index contributed by atoms with van der Waals surface area (Å²) in [5.74, 6) is 0.936. The Morgan fingerprint density at radius 2 is 2.10 bits per heavy atom. The van der Waals surface area contributed by atoms with Crippen molar-refractivity contribution in [2.24, 2.45) is 0 Å². The SMILES string of the molecule is COc1cccc(N2CC[NH+](Cc3cc(Br)cs3)CC2)c1. The average molecular weight is 368 g/mol. The molecule has 0 atom stereocenters. The summed E-state index contributed by atoms with van der Waals surface area (Å²) in [4.78, 5) is 5.59. The van der Waals surface area contributed by atoms with E-state index in [2.05, 4.69) is 50.5 Å². The summed E-state index contributed by atoms with van der Waals surface area (Å²) in [5, 5.41) is 2.17. The van der Waals surface area contributed by atoms with Crippen LogP contribution in [-0.4, -0.2) is 33.3 Å². The van der Waals surface area contributed by atoms with Crippen molar-refractivity contribution in [3.63, 3.8) is 0 Å². The van der Waals surface area contributed by atoms with Gasteiger partial charge in [-0.2, -0.15) is 0 Å². The Kier molecular flexibility index (Phi) is 4.83. The number of piperazine rings is 1. The Morgan fingerprint density at radius 3 is 2.76 bits per heavy atom. The first-order valence-corrected chi connectivity index (χ1v) is 8.87. The molecule has 1 aliphatic heterocycles. The van der Waals surface area contributed by atoms with Gasteiger partial charge in [-0.3, -0.25) is 0 Å². The van der Waals surface area contributed by atoms with Crippen molar-refractivity contribution in [1.82, 2.24) is 0 Å². The maximum absolute atomic E-state index is 5.31. The zero-order valence-corrected chi connectivity index (χ0v) is 14.5. The minimum absolute atomic E-state index is 0.936. The van der Waals surface area contributed by atoms with Gasteiger partial charge in [-0.05, 0) is 34.1 Å². The number of anilines is 1. The van der Waals surface area contributed by atoms with E-state index in [0.717, 1.165) is 25.4 Å². The second-order valence-electron chi connectivity index (χ2n) is 5.35. The lowest BCUT2D eigenvalue weighted by Gasteiger charge is -2.33. The molecular weight excluding hydrogens is 348 g/mol. The van der Waals surface area contributed by atoms with E-state index in [9.17, 15) is 0 Å². The first-order chi connectivity index (χ1) is 10.2. The highest BCUT2D eigenvalue weighted by molar-refractivity contribution is 9.10. The van der Waals surface area contributed by atoms with Gasteiger partial charge in [0, 0.05) is 21.6 Å². The van der Waals surface area contributed by atoms with E-state index in [-0.39, 0.29) is 0 Å². The lowest BCUT2D eigenvalue weighted by Crippen LogP contribution is -3.13. The van der Waals surface area contributed by atoms with E-state index >= 15 is 0 Å². The Labute approximate surface area is 138 Å². The molecule has 0 unspecified atom stereocenters. The number of thiophene rings is 1. The monoisotopic (exact) mass is 367 g/mol. The van der Waals surface area contributed by atoms with Crippen molar-refractivity contribution in [3.8, 4) is 5.75 Å². The molecule has 21 heavy (non-hydrogen) atoms. The van der Waals surface area contributed by atoms with Gasteiger partial charge in [0.1, 0.15) is 12.3 Å². The second kappa shape index (κ2) is 6.81. The van der Waals surface area contributed by atoms with Crippen LogP contribution in [0.4, 0.5) is 5.69 Å². The third-order valence-electron chi connectivity index (χ3n) is 3.94. The predicted octanol–water partition coefficient (Wildman–Crippen LogP) is 2.42. The number of nitrogens with zero attached hydrogens (tertiary/aromatic N) is 1. The molecule has 3 nitrogen and oxygen atoms in total. The van der Waals surface area contributed by atoms with Gasteiger partial charge in [-0.25, -0.2) is 0 Å². The van der Waals surface area contributed by atoms with Gasteiger partial charge in [0.05, 0.1) is 38.2 Å². The fourth-order valence-corrected chi connectivity index (χ4v) is 4.28. The van der Waals surface area contributed by atoms with Crippen molar-refractivity contribution in [1.29, 1.82) is 0 Å². The fraction of sp³-hybridized carbons (Fsp3) is 0.375. The number of nitrogens with one attached hydrogen (secondary N) is 1. The molecule has 1 aliphatic rings. The van der Waals surface area contributed by atoms with Crippen molar-refractivity contribution >= 4 is 33.0 Å². The molecule has 0 spiro atoms. The van der Waals surface area contributed by atoms with E-state index in [1.807, 2.05) is 17.4 Å². The largest absolute Gasteiger partial charge is 0.497 e. The van der Waals surface area contributed by atoms with Crippen molar-refractivity contribution < 1.29 is 9.64 Å². The van der Waals surface area contributed by atoms with Gasteiger partial charge in [0.15, 0.2) is 0 Å². The first-order valence-electron chi connectivity index (χ1n) is 7.20. The highest BCUT2D eigenvalue weighted by atomic mass is 79.9. The zero-order valence-electron chi connectivity index (χ0n) is 12.1. The molecule has 3 rings (SSSR count). The third-order valence-corrected chi connectivity index (χ3v) is 5.63. The summed E-state index contributed by atoms with van der Waals surface area (Å²) in [5.41, 5.74) is 1.27. The quantitative estimate of drug-likeness (QED) is 0.893. The fourth-order valence-electron chi connectivity index (χ4n) is 2.76. The number of methoxy groups -OCH3 is 1. The molecule has 2 aromatic rings. The maximum Gasteiger partial charge on any atom is 0.120 e. The van der Waals surface area contributed by atoms with Crippen molar-refractivity contribution in [2.45, 2.75) is 6.54 Å². The Hall–Kier alpha value is -1.04. The summed E-state index contributed by atoms with van der Waals surface area (Å²) in [6.07, 6.45) is 0. The van der Waals surface area contributed by atoms with E-state index in [4.69, 9.17) is 4.74 Å². The number of rotatable bonds is 4. The van der Waals surface area contributed by atoms with Gasteiger partial charge in [-0.1, -0.05) is 6.07 Å². The van der Waals surface area contributed by atoms with Gasteiger partial charge < -0.3 is 14.5 Å². The number of hydrogen-bond acceptors (Lipinski definition) is 3. The van der Waals surface area contributed by atoms with Gasteiger partial charge in [0.25, 0.3) is 0 Å². The van der Waals surface area contributed by atoms with Gasteiger partial charge in [-0.15, -0.1) is 11.3 Å². The summed E-state index contributed by atoms with van der Waals surface area (Å²) < 4.78 is 6.52. The summed E-state index contributed by atoms with van der Waals surface area (Å²) in [7, 11) is 1.72. The van der Waals surface area contributed by atoms with Crippen LogP contribution in [0.25, 0.3) is 0 Å². The minimum atomic E-state index is 0.936. The highest BCUT2D eigenvalue weighted by Gasteiger charge is 2.21. The van der Waals surface area contributed by atoms with Crippen LogP contribution < -0.4 is 14.5 Å². The molecule has 1 N–H and O–H groups in total. The van der Waals surface area contributed by atoms with E-state index in [0.29, 0.717) is 0 Å². The lowest BCUT2D eigenvalue weighted by molar-refractivity contribution is -0.914. The smallest absolute Gasteiger partial charge is 0.120 e. The van der Waals surface area contributed by atoms with Crippen molar-refractivity contribution in [3.05, 3.63) is 45.1 Å². The Bertz CT molecular complexity index is 593. The van der Waals surface area contributed by atoms with Crippen LogP contribution in [0.1, 0.15) is 4.88 Å². The van der Waals surface area contributed by atoms with Gasteiger partial charge >= 0.3 is 0 Å². The van der Waals surface area contributed by atoms with Crippen LogP contribution in [0.3, 0.4) is 0 Å². The third kappa shape index (κ3) is 3.78. The number of benzene rings is 1. The summed E-state index contributed by atoms with van der Waals surface area (Å²) in [6.45, 7) is 5.73. The Balaban J connectivity index is 1.57. The minimum Gasteiger partial charge on any atom is -0.497 e. The van der Waals surface area contributed by atoms with Crippen LogP contribution in [0, 0.1) is 0 Å². The van der Waals surface area contributed by atoms with Gasteiger partial charge in [0.2, 0.25) is 0 Å². The van der Waals surface area contributed by atoms with Crippen molar-refractivity contribution in [2.75, 3.05) is 38.2 Å². The number of ether oxygens (including phenoxy) is 1. The summed E-state index contributed by atoms with van der Waals surface area (Å²) >= 11 is 5.38. The van der Waals surface area contributed by atoms with Crippen LogP contribution >= 0.6 is 27.3 Å². The standard InChI is InChI=1S/C16H19BrN2OS/c1-20-15-4-2-3-14(10-15)19-7-5-18(6-8-19)11-16-9-13(17)12-21-16/h2-4,9-10,12H,5-8,11H2,1H3/p+1. The van der Waals surface area contributed by atoms with E-state index in [1.54, 1.807) is 12.0 Å². The average Bonchev–Trinajstić information content (AvgIpc) is 2.93. The number of hydrogen-bond donors (Lipinski definition) is 1. The first kappa shape index (κ1) is 14.9. The topological polar surface area (TPSA) is 16.9 Å². The molecule has 0 bridgehead atoms. The molecule has 1 saturated heterocycles. The molecule has 0 amide bonds. The second-order valence-corrected chi connectivity index (χ2v) is 7.26. The molecule has 0 radical (unpaired) electrons. The van der Waals surface area contributed by atoms with E-state index < -0.39 is 0 Å². The molecule has 112 valence electrons. The molecule has 5 heteroatoms. The normalized spacial score (nSPS) is 16.2. The lowest BCUT2D eigenvalue weighted by atomic mass is 10.2. The highest BCUT2D eigenvalue weighted by Crippen LogP contribution is 2.21. The molecule has 1 fully saturated rings. The molecular formula is C16H20BrN2OS+. The number of halogens is 1. The zero-order chi connectivity index (χ0) is 14.7. The van der Waals surface area contributed by atoms with Crippen LogP contribution in [0.15, 0.2) is 40.2 Å². The van der Waals surface area contributed by atoms with E-state index in [1.165, 1.54) is 28.1 Å². The molecule has 1 aromatic carbocycles. The summed E-state index contributed by atoms with van der Waals surface area (Å²) in [6, 6.07) is 10.6. The van der Waals surface area contributed by atoms with Crippen LogP contribution in [-0.2, 0) is 6.54 Å². The Morgan fingerprint density at radius 1 is 1.29 bits per heavy atom. The molecule has 0 aliphatic carbocycles. The molecule has 2 heterocycles. The van der Waals surface area contributed by atoms with Crippen LogP contribution in [0.2, 0.25) is 0 Å². The van der Waals surface area contributed by atoms with Crippen LogP contribution in [0.5, 0.6) is 5.75 Å². The number of quaternary nitrogens is 1. The molecule has 1 aromatic heterocycles. The predicted molar refractivity (Wildman–Crippen MR) is 91.6 cm³/mol. The molecule has 0 saturated carbocycles.